The normalized spacial score (nSPS) is 10.6. The second-order valence-electron chi connectivity index (χ2n) is 4.25. The summed E-state index contributed by atoms with van der Waals surface area (Å²) in [5.74, 6) is 0.736. The molecule has 2 aromatic heterocycles. The highest BCUT2D eigenvalue weighted by atomic mass is 16.1. The first-order valence-electron chi connectivity index (χ1n) is 6.02. The molecule has 0 bridgehead atoms. The van der Waals surface area contributed by atoms with Crippen LogP contribution in [0.5, 0.6) is 0 Å². The van der Waals surface area contributed by atoms with Crippen LogP contribution in [0.25, 0.3) is 0 Å². The molecule has 0 atom stereocenters. The van der Waals surface area contributed by atoms with E-state index in [1.165, 1.54) is 6.33 Å². The summed E-state index contributed by atoms with van der Waals surface area (Å²) in [6.45, 7) is 4.77. The largest absolute Gasteiger partial charge is 0.294 e. The van der Waals surface area contributed by atoms with Crippen molar-refractivity contribution in [3.8, 4) is 0 Å². The Bertz CT molecular complexity index is 547. The van der Waals surface area contributed by atoms with Crippen molar-refractivity contribution in [1.82, 2.24) is 19.7 Å². The SMILES string of the molecule is CCCn1ncnc1CC(=O)c1cncc(C)c1. The molecule has 0 unspecified atom stereocenters. The van der Waals surface area contributed by atoms with E-state index in [0.29, 0.717) is 11.4 Å². The topological polar surface area (TPSA) is 60.7 Å². The molecular weight excluding hydrogens is 228 g/mol. The lowest BCUT2D eigenvalue weighted by Crippen LogP contribution is -2.11. The molecule has 0 aliphatic carbocycles. The summed E-state index contributed by atoms with van der Waals surface area (Å²) in [4.78, 5) is 20.3. The molecule has 0 saturated carbocycles. The minimum atomic E-state index is 0.0246. The van der Waals surface area contributed by atoms with Gasteiger partial charge in [-0.1, -0.05) is 6.92 Å². The molecule has 0 radical (unpaired) electrons. The van der Waals surface area contributed by atoms with Crippen LogP contribution in [-0.4, -0.2) is 25.5 Å². The van der Waals surface area contributed by atoms with Crippen molar-refractivity contribution >= 4 is 5.78 Å². The number of Topliss-reactive ketones (excluding diaryl/α,β-unsaturated/α-hetero) is 1. The molecule has 2 aromatic rings. The summed E-state index contributed by atoms with van der Waals surface area (Å²) in [5, 5.41) is 4.11. The van der Waals surface area contributed by atoms with Crippen molar-refractivity contribution in [2.75, 3.05) is 0 Å². The number of carbonyl (C=O) groups is 1. The number of hydrogen-bond acceptors (Lipinski definition) is 4. The number of pyridine rings is 1. The molecule has 2 heterocycles. The van der Waals surface area contributed by atoms with Crippen molar-refractivity contribution in [2.24, 2.45) is 0 Å². The lowest BCUT2D eigenvalue weighted by molar-refractivity contribution is 0.0989. The Kier molecular flexibility index (Phi) is 3.82. The van der Waals surface area contributed by atoms with Crippen LogP contribution in [0, 0.1) is 6.92 Å². The highest BCUT2D eigenvalue weighted by molar-refractivity contribution is 5.96. The summed E-state index contributed by atoms with van der Waals surface area (Å²) in [7, 11) is 0. The Morgan fingerprint density at radius 2 is 2.22 bits per heavy atom. The lowest BCUT2D eigenvalue weighted by Gasteiger charge is -2.04. The highest BCUT2D eigenvalue weighted by Gasteiger charge is 2.12. The average Bonchev–Trinajstić information content (AvgIpc) is 2.77. The minimum Gasteiger partial charge on any atom is -0.294 e. The third-order valence-electron chi connectivity index (χ3n) is 2.65. The zero-order valence-electron chi connectivity index (χ0n) is 10.6. The van der Waals surface area contributed by atoms with E-state index < -0.39 is 0 Å². The van der Waals surface area contributed by atoms with Gasteiger partial charge in [-0.05, 0) is 25.0 Å². The van der Waals surface area contributed by atoms with Crippen LogP contribution < -0.4 is 0 Å². The van der Waals surface area contributed by atoms with Crippen LogP contribution in [0.4, 0.5) is 0 Å². The van der Waals surface area contributed by atoms with E-state index in [2.05, 4.69) is 22.0 Å². The van der Waals surface area contributed by atoms with Crippen LogP contribution in [0.3, 0.4) is 0 Å². The number of nitrogens with zero attached hydrogens (tertiary/aromatic N) is 4. The third kappa shape index (κ3) is 2.80. The van der Waals surface area contributed by atoms with E-state index in [9.17, 15) is 4.79 Å². The zero-order valence-corrected chi connectivity index (χ0v) is 10.6. The molecule has 18 heavy (non-hydrogen) atoms. The molecule has 0 fully saturated rings. The van der Waals surface area contributed by atoms with E-state index in [1.54, 1.807) is 17.1 Å². The molecule has 0 spiro atoms. The van der Waals surface area contributed by atoms with Crippen LogP contribution in [0.1, 0.15) is 35.1 Å². The van der Waals surface area contributed by atoms with E-state index in [0.717, 1.165) is 18.5 Å². The Hall–Kier alpha value is -2.04. The van der Waals surface area contributed by atoms with Crippen molar-refractivity contribution in [3.05, 3.63) is 41.7 Å². The second-order valence-corrected chi connectivity index (χ2v) is 4.25. The maximum Gasteiger partial charge on any atom is 0.171 e. The predicted molar refractivity (Wildman–Crippen MR) is 67.3 cm³/mol. The van der Waals surface area contributed by atoms with E-state index in [1.807, 2.05) is 13.0 Å². The van der Waals surface area contributed by atoms with Crippen molar-refractivity contribution < 1.29 is 4.79 Å². The number of rotatable bonds is 5. The Labute approximate surface area is 106 Å². The van der Waals surface area contributed by atoms with E-state index >= 15 is 0 Å². The van der Waals surface area contributed by atoms with E-state index in [-0.39, 0.29) is 12.2 Å². The van der Waals surface area contributed by atoms with Crippen molar-refractivity contribution in [2.45, 2.75) is 33.2 Å². The number of hydrogen-bond donors (Lipinski definition) is 0. The zero-order chi connectivity index (χ0) is 13.0. The second kappa shape index (κ2) is 5.53. The van der Waals surface area contributed by atoms with Crippen LogP contribution >= 0.6 is 0 Å². The highest BCUT2D eigenvalue weighted by Crippen LogP contribution is 2.07. The molecule has 0 amide bonds. The molecule has 2 rings (SSSR count). The van der Waals surface area contributed by atoms with Gasteiger partial charge in [0.2, 0.25) is 0 Å². The fourth-order valence-corrected chi connectivity index (χ4v) is 1.78. The molecule has 0 saturated heterocycles. The van der Waals surface area contributed by atoms with E-state index in [4.69, 9.17) is 0 Å². The first-order chi connectivity index (χ1) is 8.70. The molecular formula is C13H16N4O. The molecule has 0 aromatic carbocycles. The molecule has 0 N–H and O–H groups in total. The fraction of sp³-hybridized carbons (Fsp3) is 0.385. The van der Waals surface area contributed by atoms with Gasteiger partial charge in [0.05, 0.1) is 6.42 Å². The number of carbonyl (C=O) groups excluding carboxylic acids is 1. The standard InChI is InChI=1S/C13H16N4O/c1-3-4-17-13(15-9-16-17)6-12(18)11-5-10(2)7-14-8-11/h5,7-9H,3-4,6H2,1-2H3. The number of aromatic nitrogens is 4. The van der Waals surface area contributed by atoms with Gasteiger partial charge in [0.25, 0.3) is 0 Å². The number of ketones is 1. The summed E-state index contributed by atoms with van der Waals surface area (Å²) in [6.07, 6.45) is 6.06. The molecule has 0 aliphatic heterocycles. The van der Waals surface area contributed by atoms with Gasteiger partial charge in [-0.25, -0.2) is 9.67 Å². The van der Waals surface area contributed by atoms with Crippen molar-refractivity contribution in [3.63, 3.8) is 0 Å². The predicted octanol–water partition coefficient (Wildman–Crippen LogP) is 1.82. The van der Waals surface area contributed by atoms with Gasteiger partial charge in [-0.15, -0.1) is 0 Å². The van der Waals surface area contributed by atoms with Gasteiger partial charge in [0, 0.05) is 24.5 Å². The first-order valence-corrected chi connectivity index (χ1v) is 6.02. The van der Waals surface area contributed by atoms with Crippen LogP contribution in [0.2, 0.25) is 0 Å². The van der Waals surface area contributed by atoms with Gasteiger partial charge in [0.15, 0.2) is 5.78 Å². The summed E-state index contributed by atoms with van der Waals surface area (Å²) >= 11 is 0. The van der Waals surface area contributed by atoms with Gasteiger partial charge in [-0.2, -0.15) is 5.10 Å². The van der Waals surface area contributed by atoms with Gasteiger partial charge >= 0.3 is 0 Å². The summed E-state index contributed by atoms with van der Waals surface area (Å²) in [5.41, 5.74) is 1.61. The van der Waals surface area contributed by atoms with Crippen LogP contribution in [0.15, 0.2) is 24.8 Å². The van der Waals surface area contributed by atoms with Gasteiger partial charge in [0.1, 0.15) is 12.2 Å². The van der Waals surface area contributed by atoms with Crippen LogP contribution in [-0.2, 0) is 13.0 Å². The molecule has 5 heteroatoms. The maximum absolute atomic E-state index is 12.1. The Balaban J connectivity index is 2.14. The quantitative estimate of drug-likeness (QED) is 0.753. The molecule has 94 valence electrons. The summed E-state index contributed by atoms with van der Waals surface area (Å²) in [6, 6.07) is 1.84. The molecule has 0 aliphatic rings. The molecule has 5 nitrogen and oxygen atoms in total. The Morgan fingerprint density at radius 3 is 2.94 bits per heavy atom. The lowest BCUT2D eigenvalue weighted by atomic mass is 10.1. The minimum absolute atomic E-state index is 0.0246. The third-order valence-corrected chi connectivity index (χ3v) is 2.65. The van der Waals surface area contributed by atoms with Gasteiger partial charge in [-0.3, -0.25) is 9.78 Å². The number of aryl methyl sites for hydroxylation is 2. The fourth-order valence-electron chi connectivity index (χ4n) is 1.78. The van der Waals surface area contributed by atoms with Crippen molar-refractivity contribution in [1.29, 1.82) is 0 Å². The Morgan fingerprint density at radius 1 is 1.39 bits per heavy atom. The summed E-state index contributed by atoms with van der Waals surface area (Å²) < 4.78 is 1.78. The smallest absolute Gasteiger partial charge is 0.171 e. The first kappa shape index (κ1) is 12.4. The monoisotopic (exact) mass is 244 g/mol. The van der Waals surface area contributed by atoms with Gasteiger partial charge < -0.3 is 0 Å². The maximum atomic E-state index is 12.1. The average molecular weight is 244 g/mol.